The minimum atomic E-state index is -1.57. The molecule has 14 rings (SSSR count). The largest absolute Gasteiger partial charge is 0.448 e. The molecule has 60 heteroatoms. The van der Waals surface area contributed by atoms with Gasteiger partial charge in [0.25, 0.3) is 11.2 Å². The molecule has 56 nitrogen and oxygen atoms in total. The normalized spacial score (nSPS) is 35.8. The van der Waals surface area contributed by atoms with E-state index in [9.17, 15) is 141 Å². The number of hydrogen-bond acceptors (Lipinski definition) is 59. The van der Waals surface area contributed by atoms with Gasteiger partial charge >= 0.3 is 6.08 Å². The van der Waals surface area contributed by atoms with E-state index < -0.39 is 259 Å². The third-order valence-corrected chi connectivity index (χ3v) is 26.1. The Bertz CT molecular complexity index is 4480. The molecule has 10 aliphatic rings. The number of hydrogen-bond donors (Lipinski definition) is 30. The van der Waals surface area contributed by atoms with E-state index in [0.717, 1.165) is 52.4 Å². The summed E-state index contributed by atoms with van der Waals surface area (Å²) in [4.78, 5) is 106. The molecule has 784 valence electrons. The average molecular weight is 2080 g/mol. The number of rotatable bonds is 25. The van der Waals surface area contributed by atoms with Gasteiger partial charge in [0.2, 0.25) is 18.9 Å². The summed E-state index contributed by atoms with van der Waals surface area (Å²) in [5.74, 6) is -0.689. The molecular weight excluding hydrogens is 1970 g/mol. The maximum absolute atomic E-state index is 11.2. The summed E-state index contributed by atoms with van der Waals surface area (Å²) in [5, 5.41) is 273. The van der Waals surface area contributed by atoms with Gasteiger partial charge in [0.1, 0.15) is 188 Å². The highest BCUT2D eigenvalue weighted by Crippen LogP contribution is 2.38. The predicted octanol–water partition coefficient (Wildman–Crippen LogP) is -11.6. The molecule has 7 fully saturated rings. The number of anilines is 1. The van der Waals surface area contributed by atoms with Crippen molar-refractivity contribution in [3.05, 3.63) is 81.4 Å². The van der Waals surface area contributed by atoms with Gasteiger partial charge in [-0.2, -0.15) is 4.98 Å². The number of aliphatic imine (C=N–C) groups is 3. The first kappa shape index (κ1) is 117. The van der Waals surface area contributed by atoms with Gasteiger partial charge in [-0.25, -0.2) is 24.9 Å². The number of nitrogens with one attached hydrogen (secondary N) is 2. The number of thiazole rings is 2. The molecule has 0 aromatic carbocycles. The molecule has 140 heavy (non-hydrogen) atoms. The molecular formula is C80H113N9O47S4. The third-order valence-electron chi connectivity index (χ3n) is 21.6. The molecule has 0 spiro atoms. The second-order valence-electron chi connectivity index (χ2n) is 31.9. The van der Waals surface area contributed by atoms with Crippen molar-refractivity contribution in [2.45, 2.75) is 285 Å². The molecule has 4 aromatic heterocycles. The van der Waals surface area contributed by atoms with E-state index >= 15 is 0 Å². The van der Waals surface area contributed by atoms with Crippen molar-refractivity contribution >= 4 is 109 Å². The van der Waals surface area contributed by atoms with E-state index in [1.165, 1.54) is 85.7 Å². The zero-order valence-corrected chi connectivity index (χ0v) is 78.1. The average Bonchev–Trinajstić information content (AvgIpc) is 1.14. The SMILES string of the molecule is CC(=O)C1=CN=C(OC2OC(CO)C(O)C(O)C2O)C1.CC(=O)C1=CN=C(SC2OC(CO)C(O)C(O)C2O)C1.CC(=O)C1=CNC(=NC2OC(CO)C(O)C(O)C2O)C1.CC(=O)c1cnc(NC2OC(CO)C(O)C(O)C2O)o1.CC(=O)c1cnc(OC2OC(CO)C(O)C(O)C2O)o1.CC(=O)c1cnc(OC2OC(CO)C(O)C(O)C2O)s1.CC(=O)c1cnc(SC2OC(CO)C(O)C(O)C2O)s1. The number of carbonyl (C=O) groups is 7. The number of amidine groups is 1. The van der Waals surface area contributed by atoms with Crippen LogP contribution in [0.5, 0.6) is 11.3 Å². The maximum Gasteiger partial charge on any atom is 0.396 e. The molecule has 0 saturated carbocycles. The topological polar surface area (TPSA) is 917 Å². The fraction of sp³-hybridized carbons (Fsp3) is 0.650. The number of aliphatic hydroxyl groups excluding tert-OH is 28. The summed E-state index contributed by atoms with van der Waals surface area (Å²) in [5.41, 5.74) is -0.157. The van der Waals surface area contributed by atoms with Gasteiger partial charge in [0.15, 0.2) is 74.7 Å². The van der Waals surface area contributed by atoms with E-state index in [4.69, 9.17) is 91.9 Å². The summed E-state index contributed by atoms with van der Waals surface area (Å²) in [6.45, 7) is 6.04. The molecule has 0 bridgehead atoms. The summed E-state index contributed by atoms with van der Waals surface area (Å²) in [6, 6.07) is -0.0838. The summed E-state index contributed by atoms with van der Waals surface area (Å²) < 4.78 is 62.6. The summed E-state index contributed by atoms with van der Waals surface area (Å²) in [6.07, 6.45) is -33.8. The van der Waals surface area contributed by atoms with Gasteiger partial charge in [-0.15, -0.1) is 11.3 Å². The van der Waals surface area contributed by atoms with Crippen LogP contribution in [0.1, 0.15) is 108 Å². The number of allylic oxidation sites excluding steroid dienone is 1. The van der Waals surface area contributed by atoms with Crippen LogP contribution < -0.4 is 20.1 Å². The highest BCUT2D eigenvalue weighted by molar-refractivity contribution is 8.14. The number of nitrogens with zero attached hydrogens (tertiary/aromatic N) is 7. The lowest BCUT2D eigenvalue weighted by Crippen LogP contribution is -2.60. The van der Waals surface area contributed by atoms with Crippen molar-refractivity contribution in [1.29, 1.82) is 0 Å². The monoisotopic (exact) mass is 2080 g/mol. The molecule has 35 unspecified atom stereocenters. The molecule has 35 atom stereocenters. The van der Waals surface area contributed by atoms with Crippen molar-refractivity contribution in [1.82, 2.24) is 25.3 Å². The second kappa shape index (κ2) is 54.2. The molecule has 30 N–H and O–H groups in total. The Morgan fingerprint density at radius 2 is 0.771 bits per heavy atom. The molecule has 0 amide bonds. The van der Waals surface area contributed by atoms with Crippen LogP contribution in [0.3, 0.4) is 0 Å². The van der Waals surface area contributed by atoms with E-state index in [1.54, 1.807) is 0 Å². The first-order valence-electron chi connectivity index (χ1n) is 42.2. The van der Waals surface area contributed by atoms with Crippen molar-refractivity contribution in [3.8, 4) is 11.3 Å². The summed E-state index contributed by atoms with van der Waals surface area (Å²) >= 11 is 4.23. The van der Waals surface area contributed by atoms with Crippen LogP contribution in [0.4, 0.5) is 6.01 Å². The van der Waals surface area contributed by atoms with Crippen LogP contribution in [-0.2, 0) is 52.3 Å². The van der Waals surface area contributed by atoms with Crippen molar-refractivity contribution in [2.24, 2.45) is 15.0 Å². The standard InChI is InChI=1S/C12H18N2O6.C12H17NO7.C12H17NO6S.C11H16N2O7.C11H15NO8.C11H15NO7S.C11H15NO6S2/c1-5(16)6-2-8(13-3-6)14-12-11(19)10(18)9(17)7(4-15)20-12;2*1-5(15)6-2-8(13-3-6)20-12-11(18)10(17)9(16)7(4-14)19-12;1-4(15)5-2-12-11(20-5)13-10-9(18)8(17)7(16)6(3-14)19-10;1-4(14)5-2-12-11(19-5)20-10-9(17)8(16)7(15)6(3-13)18-10;1-4(14)6-2-12-11(20-6)19-10-9(17)8(16)7(15)5(3-13)18-10;1-4(14)6-2-12-11(19-6)20-10-9(17)8(16)7(15)5(3-13)18-10/h3,7,9-12,15,17-19H,2,4H2,1H3,(H,13,14);2*3,7,9-12,14,16-18H,2,4H2,1H3;2,6-10,14,16-18H,3H2,1H3,(H,12,13);2,6-10,13,15-17H,3H2,1H3;2*2,5,7-10,13,15-17H,3H2,1H3. The zero-order valence-electron chi connectivity index (χ0n) is 74.9. The third kappa shape index (κ3) is 30.8. The molecule has 14 heterocycles. The summed E-state index contributed by atoms with van der Waals surface area (Å²) in [7, 11) is 0. The van der Waals surface area contributed by atoms with Crippen molar-refractivity contribution in [2.75, 3.05) is 51.6 Å². The fourth-order valence-electron chi connectivity index (χ4n) is 13.1. The molecule has 0 radical (unpaired) electrons. The number of Topliss-reactive ketones (excluding diaryl/α,β-unsaturated/α-hetero) is 7. The molecule has 10 aliphatic heterocycles. The molecule has 7 saturated heterocycles. The molecule has 0 aliphatic carbocycles. The van der Waals surface area contributed by atoms with Gasteiger partial charge in [0.05, 0.1) is 92.3 Å². The van der Waals surface area contributed by atoms with E-state index in [1.807, 2.05) is 0 Å². The van der Waals surface area contributed by atoms with Gasteiger partial charge in [-0.05, 0) is 20.8 Å². The quantitative estimate of drug-likeness (QED) is 0.0274. The number of ketones is 7. The maximum atomic E-state index is 11.2. The fourth-order valence-corrected chi connectivity index (χ4v) is 17.1. The van der Waals surface area contributed by atoms with E-state index in [0.29, 0.717) is 48.1 Å². The van der Waals surface area contributed by atoms with E-state index in [2.05, 4.69) is 45.5 Å². The molecule has 4 aromatic rings. The van der Waals surface area contributed by atoms with Crippen molar-refractivity contribution in [3.63, 3.8) is 0 Å². The van der Waals surface area contributed by atoms with Crippen LogP contribution in [-0.4, -0.2) is 480 Å². The Morgan fingerprint density at radius 3 is 1.19 bits per heavy atom. The lowest BCUT2D eigenvalue weighted by Gasteiger charge is -2.39. The lowest BCUT2D eigenvalue weighted by molar-refractivity contribution is -0.281. The van der Waals surface area contributed by atoms with Gasteiger partial charge in [-0.1, -0.05) is 34.9 Å². The van der Waals surface area contributed by atoms with Crippen LogP contribution >= 0.6 is 46.2 Å². The Labute approximate surface area is 808 Å². The zero-order chi connectivity index (χ0) is 104. The van der Waals surface area contributed by atoms with Gasteiger partial charge < -0.3 is 210 Å². The number of thioether (sulfide) groups is 2. The predicted molar refractivity (Wildman–Crippen MR) is 469 cm³/mol. The van der Waals surface area contributed by atoms with Crippen molar-refractivity contribution < 1.29 is 233 Å². The minimum Gasteiger partial charge on any atom is -0.448 e. The minimum absolute atomic E-state index is 0.0251. The van der Waals surface area contributed by atoms with Crippen LogP contribution in [0.15, 0.2) is 88.3 Å². The number of aliphatic hydroxyl groups is 28. The van der Waals surface area contributed by atoms with Crippen LogP contribution in [0.2, 0.25) is 0 Å². The van der Waals surface area contributed by atoms with Gasteiger partial charge in [0, 0.05) is 75.9 Å². The Balaban J connectivity index is 0.000000200. The number of oxazole rings is 2. The Kier molecular flexibility index (Phi) is 45.3. The van der Waals surface area contributed by atoms with Crippen LogP contribution in [0.25, 0.3) is 0 Å². The first-order valence-corrected chi connectivity index (χ1v) is 45.6. The second-order valence-corrected chi connectivity index (χ2v) is 36.4. The Hall–Kier alpha value is -8.10. The number of aromatic nitrogens is 4. The van der Waals surface area contributed by atoms with Gasteiger partial charge in [-0.3, -0.25) is 38.6 Å². The van der Waals surface area contributed by atoms with E-state index in [-0.39, 0.29) is 88.0 Å². The Morgan fingerprint density at radius 1 is 0.379 bits per heavy atom. The number of ether oxygens (including phenoxy) is 10. The lowest BCUT2D eigenvalue weighted by atomic mass is 9.98. The highest BCUT2D eigenvalue weighted by Gasteiger charge is 2.52. The highest BCUT2D eigenvalue weighted by atomic mass is 32.2. The van der Waals surface area contributed by atoms with Crippen LogP contribution in [0, 0.1) is 0 Å². The first-order chi connectivity index (χ1) is 66.0. The smallest absolute Gasteiger partial charge is 0.396 e. The number of carbonyl (C=O) groups excluding carboxylic acids is 7.